The summed E-state index contributed by atoms with van der Waals surface area (Å²) in [6, 6.07) is 0. The van der Waals surface area contributed by atoms with Crippen molar-refractivity contribution in [3.05, 3.63) is 122 Å². The summed E-state index contributed by atoms with van der Waals surface area (Å²) in [5.74, 6) is -1.52. The van der Waals surface area contributed by atoms with E-state index < -0.39 is 57.8 Å². The number of esters is 3. The minimum atomic E-state index is -4.77. The maximum Gasteiger partial charge on any atom is 0.472 e. The Morgan fingerprint density at radius 3 is 0.962 bits per heavy atom. The first kappa shape index (κ1) is 73.9. The molecule has 444 valence electrons. The molecule has 0 aromatic heterocycles. The normalized spacial score (nSPS) is 14.2. The van der Waals surface area contributed by atoms with Crippen molar-refractivity contribution in [2.24, 2.45) is 0 Å². The zero-order valence-corrected chi connectivity index (χ0v) is 50.0. The molecule has 0 saturated carbocycles. The molecule has 0 spiro atoms. The molecule has 0 amide bonds. The SMILES string of the molecule is CC/C=C\C/C=C\C/C=C\C/C=C\CCCCCCCCC(=O)OCC(COP(=O)(O)OCC(CO)OC(=O)CCCCCCC/C=C\C/C=C\C/C=C\CC)OC(=O)CCCCCCCCC/C=C\C/C=C\C/C=C\CC. The molecule has 0 aliphatic carbocycles. The molecule has 0 heterocycles. The van der Waals surface area contributed by atoms with Gasteiger partial charge in [-0.15, -0.1) is 0 Å². The van der Waals surface area contributed by atoms with Crippen molar-refractivity contribution in [3.63, 3.8) is 0 Å². The monoisotopic (exact) mass is 1110 g/mol. The number of aliphatic hydroxyl groups excluding tert-OH is 1. The predicted molar refractivity (Wildman–Crippen MR) is 325 cm³/mol. The predicted octanol–water partition coefficient (Wildman–Crippen LogP) is 18.4. The Labute approximate surface area is 475 Å². The number of rotatable bonds is 55. The number of allylic oxidation sites excluding steroid dienone is 20. The molecule has 0 aromatic carbocycles. The minimum Gasteiger partial charge on any atom is -0.462 e. The van der Waals surface area contributed by atoms with Crippen molar-refractivity contribution >= 4 is 25.7 Å². The van der Waals surface area contributed by atoms with Crippen LogP contribution in [0.5, 0.6) is 0 Å². The molecule has 0 aromatic rings. The standard InChI is InChI=1S/C66H109O11P/c1-4-7-10-13-16-19-22-25-28-30-31-33-35-37-40-43-46-49-52-55-64(68)73-59-63(77-66(70)57-54-51-48-45-42-39-36-32-29-26-23-20-17-14-11-8-5-2)61-75-78(71,72)74-60-62(58-67)76-65(69)56-53-50-47-44-41-38-34-27-24-21-18-15-12-9-6-3/h7-12,16-21,25-29,31,33-34,62-63,67H,4-6,13-15,22-24,30,32,35-61H2,1-3H3,(H,71,72)/b10-7-,11-8-,12-9-,19-16-,20-17-,21-18-,28-25-,29-26-,33-31-,34-27-. The van der Waals surface area contributed by atoms with Crippen LogP contribution in [0.15, 0.2) is 122 Å². The van der Waals surface area contributed by atoms with E-state index in [1.807, 2.05) is 0 Å². The van der Waals surface area contributed by atoms with Gasteiger partial charge in [0.05, 0.1) is 19.8 Å². The highest BCUT2D eigenvalue weighted by atomic mass is 31.2. The third-order valence-corrected chi connectivity index (χ3v) is 13.3. The van der Waals surface area contributed by atoms with Crippen molar-refractivity contribution in [3.8, 4) is 0 Å². The molecule has 0 rings (SSSR count). The van der Waals surface area contributed by atoms with Gasteiger partial charge >= 0.3 is 25.7 Å². The molecule has 0 fully saturated rings. The van der Waals surface area contributed by atoms with E-state index in [9.17, 15) is 28.9 Å². The lowest BCUT2D eigenvalue weighted by Gasteiger charge is -2.21. The van der Waals surface area contributed by atoms with Crippen LogP contribution in [0.1, 0.15) is 239 Å². The molecule has 0 aliphatic heterocycles. The third-order valence-electron chi connectivity index (χ3n) is 12.4. The molecule has 3 unspecified atom stereocenters. The fourth-order valence-electron chi connectivity index (χ4n) is 7.85. The summed E-state index contributed by atoms with van der Waals surface area (Å²) < 4.78 is 39.6. The van der Waals surface area contributed by atoms with E-state index in [1.54, 1.807) is 0 Å². The van der Waals surface area contributed by atoms with Gasteiger partial charge in [0, 0.05) is 19.3 Å². The third kappa shape index (κ3) is 56.6. The van der Waals surface area contributed by atoms with Crippen LogP contribution < -0.4 is 0 Å². The van der Waals surface area contributed by atoms with E-state index in [0.29, 0.717) is 19.3 Å². The van der Waals surface area contributed by atoms with Crippen molar-refractivity contribution in [2.45, 2.75) is 251 Å². The molecule has 0 radical (unpaired) electrons. The van der Waals surface area contributed by atoms with Gasteiger partial charge < -0.3 is 24.2 Å². The van der Waals surface area contributed by atoms with Crippen LogP contribution in [0.25, 0.3) is 0 Å². The van der Waals surface area contributed by atoms with Crippen LogP contribution in [-0.4, -0.2) is 66.5 Å². The van der Waals surface area contributed by atoms with Gasteiger partial charge in [0.25, 0.3) is 0 Å². The highest BCUT2D eigenvalue weighted by Crippen LogP contribution is 2.43. The Balaban J connectivity index is 4.78. The first-order valence-electron chi connectivity index (χ1n) is 30.4. The number of phosphoric acid groups is 1. The van der Waals surface area contributed by atoms with Crippen molar-refractivity contribution in [1.29, 1.82) is 0 Å². The van der Waals surface area contributed by atoms with Gasteiger partial charge in [-0.1, -0.05) is 219 Å². The van der Waals surface area contributed by atoms with Gasteiger partial charge in [-0.25, -0.2) is 4.57 Å². The number of carbonyl (C=O) groups is 3. The largest absolute Gasteiger partial charge is 0.472 e. The molecule has 78 heavy (non-hydrogen) atoms. The summed E-state index contributed by atoms with van der Waals surface area (Å²) in [5.41, 5.74) is 0. The molecule has 0 aliphatic rings. The first-order valence-corrected chi connectivity index (χ1v) is 31.9. The van der Waals surface area contributed by atoms with Crippen LogP contribution in [0, 0.1) is 0 Å². The maximum atomic E-state index is 12.9. The lowest BCUT2D eigenvalue weighted by molar-refractivity contribution is -0.161. The topological polar surface area (TPSA) is 155 Å². The fraction of sp³-hybridized carbons (Fsp3) is 0.652. The number of ether oxygens (including phenoxy) is 3. The van der Waals surface area contributed by atoms with Gasteiger partial charge in [-0.05, 0) is 122 Å². The average molecular weight is 1110 g/mol. The fourth-order valence-corrected chi connectivity index (χ4v) is 8.63. The molecule has 11 nitrogen and oxygen atoms in total. The minimum absolute atomic E-state index is 0.145. The number of aliphatic hydroxyl groups is 1. The zero-order chi connectivity index (χ0) is 56.9. The van der Waals surface area contributed by atoms with Gasteiger partial charge in [-0.3, -0.25) is 23.4 Å². The summed E-state index contributed by atoms with van der Waals surface area (Å²) >= 11 is 0. The number of hydrogen-bond acceptors (Lipinski definition) is 10. The number of carbonyl (C=O) groups excluding carboxylic acids is 3. The number of phosphoric ester groups is 1. The Hall–Kier alpha value is -4.12. The molecule has 12 heteroatoms. The van der Waals surface area contributed by atoms with Crippen LogP contribution in [0.4, 0.5) is 0 Å². The van der Waals surface area contributed by atoms with Gasteiger partial charge in [-0.2, -0.15) is 0 Å². The molecule has 3 atom stereocenters. The summed E-state index contributed by atoms with van der Waals surface area (Å²) in [6.45, 7) is 4.26. The van der Waals surface area contributed by atoms with Crippen LogP contribution in [-0.2, 0) is 42.2 Å². The Kier molecular flexibility index (Phi) is 55.9. The smallest absolute Gasteiger partial charge is 0.462 e. The Morgan fingerprint density at radius 1 is 0.359 bits per heavy atom. The van der Waals surface area contributed by atoms with Crippen LogP contribution >= 0.6 is 7.82 Å². The first-order chi connectivity index (χ1) is 38.2. The van der Waals surface area contributed by atoms with Gasteiger partial charge in [0.15, 0.2) is 6.10 Å². The molecule has 2 N–H and O–H groups in total. The summed E-state index contributed by atoms with van der Waals surface area (Å²) in [5, 5.41) is 9.83. The summed E-state index contributed by atoms with van der Waals surface area (Å²) in [7, 11) is -4.77. The van der Waals surface area contributed by atoms with Gasteiger partial charge in [0.1, 0.15) is 12.7 Å². The van der Waals surface area contributed by atoms with Crippen LogP contribution in [0.2, 0.25) is 0 Å². The number of unbranched alkanes of at least 4 members (excludes halogenated alkanes) is 18. The van der Waals surface area contributed by atoms with E-state index in [1.165, 1.54) is 6.42 Å². The molecule has 0 bridgehead atoms. The average Bonchev–Trinajstić information content (AvgIpc) is 3.43. The van der Waals surface area contributed by atoms with Crippen molar-refractivity contribution in [2.75, 3.05) is 26.4 Å². The van der Waals surface area contributed by atoms with E-state index >= 15 is 0 Å². The second-order valence-electron chi connectivity index (χ2n) is 19.7. The molecular formula is C66H109O11P. The second kappa shape index (κ2) is 59.0. The van der Waals surface area contributed by atoms with E-state index in [0.717, 1.165) is 173 Å². The molecule has 0 saturated heterocycles. The Bertz CT molecular complexity index is 1770. The van der Waals surface area contributed by atoms with Crippen LogP contribution in [0.3, 0.4) is 0 Å². The summed E-state index contributed by atoms with van der Waals surface area (Å²) in [6.07, 6.45) is 72.9. The quantitative estimate of drug-likeness (QED) is 0.0197. The Morgan fingerprint density at radius 2 is 0.628 bits per heavy atom. The van der Waals surface area contributed by atoms with E-state index in [2.05, 4.69) is 142 Å². The maximum absolute atomic E-state index is 12.9. The zero-order valence-electron chi connectivity index (χ0n) is 49.1. The van der Waals surface area contributed by atoms with Gasteiger partial charge in [0.2, 0.25) is 0 Å². The lowest BCUT2D eigenvalue weighted by atomic mass is 10.1. The number of hydrogen-bond donors (Lipinski definition) is 2. The highest BCUT2D eigenvalue weighted by molar-refractivity contribution is 7.47. The highest BCUT2D eigenvalue weighted by Gasteiger charge is 2.28. The lowest BCUT2D eigenvalue weighted by Crippen LogP contribution is -2.30. The molecular weight excluding hydrogens is 1000 g/mol. The second-order valence-corrected chi connectivity index (χ2v) is 21.2. The van der Waals surface area contributed by atoms with Crippen molar-refractivity contribution in [1.82, 2.24) is 0 Å². The van der Waals surface area contributed by atoms with E-state index in [-0.39, 0.29) is 25.9 Å². The van der Waals surface area contributed by atoms with Crippen molar-refractivity contribution < 1.29 is 52.2 Å². The van der Waals surface area contributed by atoms with E-state index in [4.69, 9.17) is 23.3 Å². The summed E-state index contributed by atoms with van der Waals surface area (Å²) in [4.78, 5) is 48.7.